The van der Waals surface area contributed by atoms with E-state index in [4.69, 9.17) is 16.7 Å². The third-order valence-corrected chi connectivity index (χ3v) is 4.82. The minimum Gasteiger partial charge on any atom is -0.297 e. The summed E-state index contributed by atoms with van der Waals surface area (Å²) in [6.45, 7) is 0. The van der Waals surface area contributed by atoms with Crippen LogP contribution < -0.4 is 9.44 Å². The second-order valence-electron chi connectivity index (χ2n) is 5.23. The van der Waals surface area contributed by atoms with Crippen LogP contribution in [0.25, 0.3) is 0 Å². The van der Waals surface area contributed by atoms with E-state index < -0.39 is 39.5 Å². The molecule has 0 heterocycles. The number of carbonyl (C=O) groups excluding carboxylic acids is 1. The fraction of sp³-hybridized carbons (Fsp3) is 0.462. The Hall–Kier alpha value is -1.32. The summed E-state index contributed by atoms with van der Waals surface area (Å²) in [4.78, 5) is 12.0. The number of alkyl halides is 3. The third kappa shape index (κ3) is 3.96. The zero-order valence-corrected chi connectivity index (χ0v) is 13.4. The molecule has 1 unspecified atom stereocenters. The Labute approximate surface area is 136 Å². The number of hydrogen-bond acceptors (Lipinski definition) is 3. The maximum absolute atomic E-state index is 13.2. The normalized spacial score (nSPS) is 19.7. The van der Waals surface area contributed by atoms with Crippen LogP contribution in [0.5, 0.6) is 0 Å². The quantitative estimate of drug-likeness (QED) is 0.888. The monoisotopic (exact) mass is 370 g/mol. The Kier molecular flexibility index (Phi) is 4.93. The van der Waals surface area contributed by atoms with Crippen molar-refractivity contribution in [1.29, 1.82) is 0 Å². The Bertz CT molecular complexity index is 722. The highest BCUT2D eigenvalue weighted by Gasteiger charge is 2.41. The molecule has 1 aliphatic carbocycles. The molecule has 1 saturated carbocycles. The highest BCUT2D eigenvalue weighted by atomic mass is 35.5. The minimum atomic E-state index is -4.85. The lowest BCUT2D eigenvalue weighted by Gasteiger charge is -2.34. The Morgan fingerprint density at radius 1 is 1.26 bits per heavy atom. The first-order chi connectivity index (χ1) is 10.5. The van der Waals surface area contributed by atoms with Crippen molar-refractivity contribution in [3.63, 3.8) is 0 Å². The van der Waals surface area contributed by atoms with E-state index in [1.165, 1.54) is 0 Å². The lowest BCUT2D eigenvalue weighted by atomic mass is 9.93. The van der Waals surface area contributed by atoms with Crippen LogP contribution in [0.3, 0.4) is 0 Å². The number of halogens is 4. The van der Waals surface area contributed by atoms with Crippen molar-refractivity contribution >= 4 is 33.3 Å². The molecule has 1 atom stereocenters. The van der Waals surface area contributed by atoms with Gasteiger partial charge >= 0.3 is 6.18 Å². The van der Waals surface area contributed by atoms with Crippen LogP contribution in [0.4, 0.5) is 18.9 Å². The molecular formula is C13H14ClF3N2O3S. The first-order valence-corrected chi connectivity index (χ1v) is 8.61. The number of anilines is 1. The molecule has 0 amide bonds. The van der Waals surface area contributed by atoms with Gasteiger partial charge in [-0.15, -0.1) is 0 Å². The molecule has 2 N–H and O–H groups in total. The molecule has 0 aliphatic heterocycles. The van der Waals surface area contributed by atoms with E-state index in [0.29, 0.717) is 23.2 Å². The maximum Gasteiger partial charge on any atom is 0.418 e. The summed E-state index contributed by atoms with van der Waals surface area (Å²) in [6.07, 6.45) is -3.53. The van der Waals surface area contributed by atoms with Gasteiger partial charge in [-0.3, -0.25) is 4.79 Å². The van der Waals surface area contributed by atoms with Crippen LogP contribution in [-0.4, -0.2) is 20.2 Å². The van der Waals surface area contributed by atoms with Gasteiger partial charge in [0.1, 0.15) is 6.04 Å². The average Bonchev–Trinajstić information content (AvgIpc) is 2.40. The summed E-state index contributed by atoms with van der Waals surface area (Å²) in [5.41, 5.74) is -1.94. The Morgan fingerprint density at radius 3 is 2.43 bits per heavy atom. The predicted octanol–water partition coefficient (Wildman–Crippen LogP) is 2.88. The van der Waals surface area contributed by atoms with Crippen molar-refractivity contribution < 1.29 is 26.4 Å². The number of carbonyl (C=O) groups is 1. The minimum absolute atomic E-state index is 0.103. The van der Waals surface area contributed by atoms with Crippen LogP contribution in [0.1, 0.15) is 31.2 Å². The summed E-state index contributed by atoms with van der Waals surface area (Å²) >= 11 is 5.59. The number of ketones is 1. The van der Waals surface area contributed by atoms with Crippen LogP contribution >= 0.6 is 11.6 Å². The van der Waals surface area contributed by atoms with Gasteiger partial charge in [0.25, 0.3) is 10.2 Å². The van der Waals surface area contributed by atoms with E-state index in [0.717, 1.165) is 12.1 Å². The van der Waals surface area contributed by atoms with E-state index in [2.05, 4.69) is 0 Å². The molecule has 2 rings (SSSR count). The second-order valence-corrected chi connectivity index (χ2v) is 7.09. The SMILES string of the molecule is NS(=O)(=O)N(c1ccc(Cl)cc1C(F)(F)F)C1CCCCC1=O. The molecule has 1 aromatic rings. The number of hydrogen-bond donors (Lipinski definition) is 1. The lowest BCUT2D eigenvalue weighted by molar-refractivity contribution is -0.137. The Morgan fingerprint density at radius 2 is 1.91 bits per heavy atom. The van der Waals surface area contributed by atoms with E-state index in [1.54, 1.807) is 0 Å². The topological polar surface area (TPSA) is 80.5 Å². The standard InChI is InChI=1S/C13H14ClF3N2O3S/c14-8-5-6-10(9(7-8)13(15,16)17)19(23(18,21)22)11-3-1-2-4-12(11)20/h5-7,11H,1-4H2,(H2,18,21,22). The van der Waals surface area contributed by atoms with Gasteiger partial charge in [0.05, 0.1) is 11.3 Å². The summed E-state index contributed by atoms with van der Waals surface area (Å²) in [5.74, 6) is -0.451. The summed E-state index contributed by atoms with van der Waals surface area (Å²) in [5, 5.41) is 4.90. The van der Waals surface area contributed by atoms with Crippen molar-refractivity contribution in [3.8, 4) is 0 Å². The molecule has 128 valence electrons. The molecule has 10 heteroatoms. The number of Topliss-reactive ketones (excluding diaryl/α,β-unsaturated/α-hetero) is 1. The molecule has 23 heavy (non-hydrogen) atoms. The van der Waals surface area contributed by atoms with E-state index in [9.17, 15) is 26.4 Å². The summed E-state index contributed by atoms with van der Waals surface area (Å²) < 4.78 is 63.9. The van der Waals surface area contributed by atoms with Gasteiger partial charge in [-0.1, -0.05) is 18.0 Å². The number of nitrogens with two attached hydrogens (primary N) is 1. The largest absolute Gasteiger partial charge is 0.418 e. The number of rotatable bonds is 3. The number of benzene rings is 1. The number of nitrogens with zero attached hydrogens (tertiary/aromatic N) is 1. The van der Waals surface area contributed by atoms with Gasteiger partial charge in [0.15, 0.2) is 5.78 Å². The smallest absolute Gasteiger partial charge is 0.297 e. The first kappa shape index (κ1) is 18.0. The highest BCUT2D eigenvalue weighted by molar-refractivity contribution is 7.90. The molecule has 1 aromatic carbocycles. The lowest BCUT2D eigenvalue weighted by Crippen LogP contribution is -2.50. The van der Waals surface area contributed by atoms with Crippen molar-refractivity contribution in [2.75, 3.05) is 4.31 Å². The molecule has 0 spiro atoms. The zero-order valence-electron chi connectivity index (χ0n) is 11.8. The first-order valence-electron chi connectivity index (χ1n) is 6.73. The summed E-state index contributed by atoms with van der Waals surface area (Å²) in [6, 6.07) is 1.42. The van der Waals surface area contributed by atoms with Gasteiger partial charge in [0.2, 0.25) is 0 Å². The molecule has 0 saturated heterocycles. The van der Waals surface area contributed by atoms with Gasteiger partial charge in [-0.05, 0) is 31.0 Å². The Balaban J connectivity index is 2.64. The van der Waals surface area contributed by atoms with Crippen LogP contribution in [-0.2, 0) is 21.2 Å². The highest BCUT2D eigenvalue weighted by Crippen LogP contribution is 2.40. The van der Waals surface area contributed by atoms with E-state index in [-0.39, 0.29) is 17.9 Å². The van der Waals surface area contributed by atoms with Crippen LogP contribution in [0, 0.1) is 0 Å². The molecule has 1 aliphatic rings. The maximum atomic E-state index is 13.2. The van der Waals surface area contributed by atoms with Crippen molar-refractivity contribution in [3.05, 3.63) is 28.8 Å². The van der Waals surface area contributed by atoms with Crippen LogP contribution in [0.2, 0.25) is 5.02 Å². The van der Waals surface area contributed by atoms with Crippen molar-refractivity contribution in [1.82, 2.24) is 0 Å². The van der Waals surface area contributed by atoms with Gasteiger partial charge < -0.3 is 0 Å². The van der Waals surface area contributed by atoms with Crippen molar-refractivity contribution in [2.45, 2.75) is 37.9 Å². The molecular weight excluding hydrogens is 357 g/mol. The van der Waals surface area contributed by atoms with Gasteiger partial charge in [-0.25, -0.2) is 9.44 Å². The van der Waals surface area contributed by atoms with Crippen molar-refractivity contribution in [2.24, 2.45) is 5.14 Å². The summed E-state index contributed by atoms with van der Waals surface area (Å²) in [7, 11) is -4.58. The molecule has 0 aromatic heterocycles. The fourth-order valence-electron chi connectivity index (χ4n) is 2.62. The van der Waals surface area contributed by atoms with E-state index in [1.807, 2.05) is 0 Å². The molecule has 0 bridgehead atoms. The zero-order chi connectivity index (χ0) is 17.4. The molecule has 0 radical (unpaired) electrons. The second kappa shape index (κ2) is 6.29. The third-order valence-electron chi connectivity index (χ3n) is 3.58. The predicted molar refractivity (Wildman–Crippen MR) is 79.3 cm³/mol. The van der Waals surface area contributed by atoms with Gasteiger partial charge in [-0.2, -0.15) is 21.6 Å². The molecule has 5 nitrogen and oxygen atoms in total. The molecule has 1 fully saturated rings. The van der Waals surface area contributed by atoms with Gasteiger partial charge in [0, 0.05) is 11.4 Å². The average molecular weight is 371 g/mol. The van der Waals surface area contributed by atoms with E-state index >= 15 is 0 Å². The fourth-order valence-corrected chi connectivity index (χ4v) is 3.81. The van der Waals surface area contributed by atoms with Crippen LogP contribution in [0.15, 0.2) is 18.2 Å².